The predicted molar refractivity (Wildman–Crippen MR) is 67.2 cm³/mol. The number of methoxy groups -OCH3 is 1. The van der Waals surface area contributed by atoms with Crippen LogP contribution < -0.4 is 0 Å². The summed E-state index contributed by atoms with van der Waals surface area (Å²) in [7, 11) is 1.22. The average molecular weight is 284 g/mol. The number of hydrogen-bond acceptors (Lipinski definition) is 6. The number of hydrogen-bond donors (Lipinski definition) is 0. The minimum absolute atomic E-state index is 0.0536. The highest BCUT2D eigenvalue weighted by atomic mass is 32.2. The first-order valence-corrected chi connectivity index (χ1v) is 6.83. The molecule has 0 aliphatic rings. The highest BCUT2D eigenvalue weighted by Gasteiger charge is 2.12. The lowest BCUT2D eigenvalue weighted by molar-refractivity contribution is 0.0595. The molecule has 0 spiro atoms. The molecule has 0 unspecified atom stereocenters. The quantitative estimate of drug-likeness (QED) is 0.638. The van der Waals surface area contributed by atoms with Crippen LogP contribution in [0.25, 0.3) is 0 Å². The SMILES string of the molecule is COC(=O)c1ccc(CSc2nncs2)cc1F. The van der Waals surface area contributed by atoms with Gasteiger partial charge in [0.15, 0.2) is 4.34 Å². The summed E-state index contributed by atoms with van der Waals surface area (Å²) in [5.41, 5.74) is 2.37. The molecule has 1 aromatic carbocycles. The van der Waals surface area contributed by atoms with Crippen LogP contribution in [0.4, 0.5) is 4.39 Å². The standard InChI is InChI=1S/C11H9FN2O2S2/c1-16-10(15)8-3-2-7(4-9(8)12)5-17-11-14-13-6-18-11/h2-4,6H,5H2,1H3. The van der Waals surface area contributed by atoms with Crippen molar-refractivity contribution in [2.45, 2.75) is 10.1 Å². The Morgan fingerprint density at radius 3 is 3.00 bits per heavy atom. The first kappa shape index (κ1) is 13.0. The largest absolute Gasteiger partial charge is 0.465 e. The summed E-state index contributed by atoms with van der Waals surface area (Å²) in [6.45, 7) is 0. The maximum atomic E-state index is 13.6. The summed E-state index contributed by atoms with van der Waals surface area (Å²) in [4.78, 5) is 11.2. The van der Waals surface area contributed by atoms with Crippen molar-refractivity contribution in [1.82, 2.24) is 10.2 Å². The smallest absolute Gasteiger partial charge is 0.340 e. The van der Waals surface area contributed by atoms with Crippen LogP contribution in [0.1, 0.15) is 15.9 Å². The van der Waals surface area contributed by atoms with E-state index < -0.39 is 11.8 Å². The number of nitrogens with zero attached hydrogens (tertiary/aromatic N) is 2. The Morgan fingerprint density at radius 2 is 2.39 bits per heavy atom. The van der Waals surface area contributed by atoms with E-state index in [2.05, 4.69) is 14.9 Å². The second-order valence-electron chi connectivity index (χ2n) is 3.30. The van der Waals surface area contributed by atoms with Crippen LogP contribution >= 0.6 is 23.1 Å². The van der Waals surface area contributed by atoms with Gasteiger partial charge >= 0.3 is 5.97 Å². The van der Waals surface area contributed by atoms with Crippen LogP contribution in [0.5, 0.6) is 0 Å². The van der Waals surface area contributed by atoms with Crippen molar-refractivity contribution in [2.24, 2.45) is 0 Å². The molecule has 94 valence electrons. The second kappa shape index (κ2) is 5.92. The van der Waals surface area contributed by atoms with Crippen molar-refractivity contribution < 1.29 is 13.9 Å². The highest BCUT2D eigenvalue weighted by molar-refractivity contribution is 8.00. The number of thioether (sulfide) groups is 1. The van der Waals surface area contributed by atoms with Crippen LogP contribution in [-0.4, -0.2) is 23.3 Å². The molecule has 18 heavy (non-hydrogen) atoms. The van der Waals surface area contributed by atoms with E-state index in [9.17, 15) is 9.18 Å². The van der Waals surface area contributed by atoms with Gasteiger partial charge in [-0.15, -0.1) is 10.2 Å². The van der Waals surface area contributed by atoms with Crippen LogP contribution in [-0.2, 0) is 10.5 Å². The molecule has 1 heterocycles. The Morgan fingerprint density at radius 1 is 1.56 bits per heavy atom. The lowest BCUT2D eigenvalue weighted by Crippen LogP contribution is -2.04. The summed E-state index contributed by atoms with van der Waals surface area (Å²) in [6, 6.07) is 4.46. The van der Waals surface area contributed by atoms with Crippen LogP contribution in [0, 0.1) is 5.82 Å². The first-order chi connectivity index (χ1) is 8.70. The van der Waals surface area contributed by atoms with Gasteiger partial charge in [-0.05, 0) is 17.7 Å². The monoisotopic (exact) mass is 284 g/mol. The zero-order valence-corrected chi connectivity index (χ0v) is 11.1. The lowest BCUT2D eigenvalue weighted by Gasteiger charge is -2.03. The Kier molecular flexibility index (Phi) is 4.27. The lowest BCUT2D eigenvalue weighted by atomic mass is 10.1. The molecule has 7 heteroatoms. The van der Waals surface area contributed by atoms with Gasteiger partial charge in [-0.25, -0.2) is 9.18 Å². The minimum Gasteiger partial charge on any atom is -0.465 e. The van der Waals surface area contributed by atoms with Gasteiger partial charge in [0.25, 0.3) is 0 Å². The fraction of sp³-hybridized carbons (Fsp3) is 0.182. The van der Waals surface area contributed by atoms with Crippen molar-refractivity contribution in [3.05, 3.63) is 40.7 Å². The van der Waals surface area contributed by atoms with E-state index in [-0.39, 0.29) is 5.56 Å². The summed E-state index contributed by atoms with van der Waals surface area (Å²) < 4.78 is 18.9. The molecular weight excluding hydrogens is 275 g/mol. The summed E-state index contributed by atoms with van der Waals surface area (Å²) in [5, 5.41) is 7.59. The van der Waals surface area contributed by atoms with E-state index in [1.807, 2.05) is 0 Å². The zero-order chi connectivity index (χ0) is 13.0. The van der Waals surface area contributed by atoms with E-state index in [0.29, 0.717) is 5.75 Å². The molecule has 0 saturated carbocycles. The molecule has 2 aromatic rings. The molecule has 0 aliphatic carbocycles. The molecule has 0 aliphatic heterocycles. The van der Waals surface area contributed by atoms with E-state index in [1.54, 1.807) is 11.6 Å². The van der Waals surface area contributed by atoms with Gasteiger partial charge in [0.05, 0.1) is 12.7 Å². The maximum absolute atomic E-state index is 13.6. The molecule has 2 rings (SSSR count). The van der Waals surface area contributed by atoms with E-state index in [1.165, 1.54) is 42.3 Å². The minimum atomic E-state index is -0.671. The first-order valence-electron chi connectivity index (χ1n) is 4.96. The van der Waals surface area contributed by atoms with Gasteiger partial charge in [-0.2, -0.15) is 0 Å². The third-order valence-corrected chi connectivity index (χ3v) is 4.07. The number of carbonyl (C=O) groups is 1. The number of aromatic nitrogens is 2. The molecule has 0 fully saturated rings. The van der Waals surface area contributed by atoms with E-state index in [4.69, 9.17) is 0 Å². The van der Waals surface area contributed by atoms with Crippen LogP contribution in [0.3, 0.4) is 0 Å². The van der Waals surface area contributed by atoms with Crippen molar-refractivity contribution in [3.8, 4) is 0 Å². The molecule has 0 radical (unpaired) electrons. The summed E-state index contributed by atoms with van der Waals surface area (Å²) in [5.74, 6) is -0.666. The Bertz CT molecular complexity index is 546. The fourth-order valence-corrected chi connectivity index (χ4v) is 2.73. The predicted octanol–water partition coefficient (Wildman–Crippen LogP) is 2.76. The third-order valence-electron chi connectivity index (χ3n) is 2.14. The Hall–Kier alpha value is -1.47. The topological polar surface area (TPSA) is 52.1 Å². The van der Waals surface area contributed by atoms with Crippen LogP contribution in [0.2, 0.25) is 0 Å². The average Bonchev–Trinajstić information content (AvgIpc) is 2.88. The highest BCUT2D eigenvalue weighted by Crippen LogP contribution is 2.24. The molecule has 1 aromatic heterocycles. The zero-order valence-electron chi connectivity index (χ0n) is 9.42. The van der Waals surface area contributed by atoms with Gasteiger partial charge in [0.1, 0.15) is 11.3 Å². The van der Waals surface area contributed by atoms with Gasteiger partial charge in [0, 0.05) is 5.75 Å². The maximum Gasteiger partial charge on any atom is 0.340 e. The van der Waals surface area contributed by atoms with Crippen molar-refractivity contribution in [2.75, 3.05) is 7.11 Å². The Labute approximate surface area is 111 Å². The molecule has 0 N–H and O–H groups in total. The molecule has 0 amide bonds. The molecule has 0 atom stereocenters. The van der Waals surface area contributed by atoms with E-state index >= 15 is 0 Å². The number of carbonyl (C=O) groups excluding carboxylic acids is 1. The fourth-order valence-electron chi connectivity index (χ4n) is 1.29. The Balaban J connectivity index is 2.07. The number of esters is 1. The van der Waals surface area contributed by atoms with Crippen molar-refractivity contribution in [3.63, 3.8) is 0 Å². The molecule has 0 bridgehead atoms. The number of benzene rings is 1. The molecular formula is C11H9FN2O2S2. The van der Waals surface area contributed by atoms with E-state index in [0.717, 1.165) is 9.90 Å². The van der Waals surface area contributed by atoms with Gasteiger partial charge < -0.3 is 4.74 Å². The number of rotatable bonds is 4. The number of ether oxygens (including phenoxy) is 1. The van der Waals surface area contributed by atoms with Gasteiger partial charge in [-0.1, -0.05) is 29.2 Å². The second-order valence-corrected chi connectivity index (χ2v) is 5.35. The van der Waals surface area contributed by atoms with Crippen molar-refractivity contribution >= 4 is 29.1 Å². The van der Waals surface area contributed by atoms with Crippen molar-refractivity contribution in [1.29, 1.82) is 0 Å². The normalized spacial score (nSPS) is 10.3. The molecule has 0 saturated heterocycles. The third kappa shape index (κ3) is 3.05. The van der Waals surface area contributed by atoms with Gasteiger partial charge in [0.2, 0.25) is 0 Å². The molecule has 4 nitrogen and oxygen atoms in total. The van der Waals surface area contributed by atoms with Gasteiger partial charge in [-0.3, -0.25) is 0 Å². The van der Waals surface area contributed by atoms with Crippen LogP contribution in [0.15, 0.2) is 28.0 Å². The summed E-state index contributed by atoms with van der Waals surface area (Å²) >= 11 is 2.90. The number of halogens is 1. The summed E-state index contributed by atoms with van der Waals surface area (Å²) in [6.07, 6.45) is 0.